The molecule has 128 valence electrons. The maximum Gasteiger partial charge on any atom is 0.319 e. The molecule has 6 heteroatoms. The molecular weight excluding hydrogens is 312 g/mol. The molecule has 2 N–H and O–H groups in total. The van der Waals surface area contributed by atoms with Gasteiger partial charge in [0, 0.05) is 11.7 Å². The van der Waals surface area contributed by atoms with Crippen LogP contribution in [0, 0.1) is 0 Å². The summed E-state index contributed by atoms with van der Waals surface area (Å²) in [4.78, 5) is 12.3. The second-order valence-electron chi connectivity index (χ2n) is 6.82. The lowest BCUT2D eigenvalue weighted by molar-refractivity contribution is 0.249. The molecule has 1 atom stereocenters. The molecule has 2 rings (SSSR count). The van der Waals surface area contributed by atoms with E-state index in [1.165, 1.54) is 0 Å². The highest BCUT2D eigenvalue weighted by Crippen LogP contribution is 2.32. The first-order valence-electron chi connectivity index (χ1n) is 8.10. The van der Waals surface area contributed by atoms with Gasteiger partial charge >= 0.3 is 6.03 Å². The Kier molecular flexibility index (Phi) is 5.34. The van der Waals surface area contributed by atoms with Crippen LogP contribution in [0.5, 0.6) is 0 Å². The van der Waals surface area contributed by atoms with Crippen molar-refractivity contribution in [3.05, 3.63) is 29.3 Å². The van der Waals surface area contributed by atoms with E-state index in [1.54, 1.807) is 0 Å². The van der Waals surface area contributed by atoms with Crippen LogP contribution >= 0.6 is 0 Å². The van der Waals surface area contributed by atoms with E-state index in [0.29, 0.717) is 6.42 Å². The van der Waals surface area contributed by atoms with Crippen LogP contribution in [0.3, 0.4) is 0 Å². The molecule has 1 aliphatic rings. The number of carbonyl (C=O) groups is 1. The van der Waals surface area contributed by atoms with E-state index in [1.807, 2.05) is 18.2 Å². The normalized spacial score (nSPS) is 20.0. The Hall–Kier alpha value is -1.56. The summed E-state index contributed by atoms with van der Waals surface area (Å²) in [6, 6.07) is 5.42. The number of sulfone groups is 1. The van der Waals surface area contributed by atoms with E-state index in [9.17, 15) is 13.2 Å². The van der Waals surface area contributed by atoms with Gasteiger partial charge in [0.05, 0.1) is 11.5 Å². The Morgan fingerprint density at radius 2 is 1.70 bits per heavy atom. The fourth-order valence-corrected chi connectivity index (χ4v) is 4.61. The standard InChI is InChI=1S/C17H26N2O3S/c1-11(2)14-6-5-7-15(12(3)4)16(14)19-17(20)18-13-8-9-23(21,22)10-13/h5-7,11-13H,8-10H2,1-4H3,(H2,18,19,20). The smallest absolute Gasteiger partial charge is 0.319 e. The zero-order valence-corrected chi connectivity index (χ0v) is 15.0. The van der Waals surface area contributed by atoms with Crippen LogP contribution in [-0.4, -0.2) is 32.0 Å². The van der Waals surface area contributed by atoms with Crippen molar-refractivity contribution in [3.63, 3.8) is 0 Å². The highest BCUT2D eigenvalue weighted by Gasteiger charge is 2.29. The quantitative estimate of drug-likeness (QED) is 0.885. The molecule has 1 saturated heterocycles. The van der Waals surface area contributed by atoms with Gasteiger partial charge < -0.3 is 10.6 Å². The highest BCUT2D eigenvalue weighted by atomic mass is 32.2. The van der Waals surface area contributed by atoms with Crippen molar-refractivity contribution in [2.75, 3.05) is 16.8 Å². The Labute approximate surface area is 138 Å². The van der Waals surface area contributed by atoms with Gasteiger partial charge in [-0.25, -0.2) is 13.2 Å². The van der Waals surface area contributed by atoms with Crippen LogP contribution in [0.2, 0.25) is 0 Å². The lowest BCUT2D eigenvalue weighted by Crippen LogP contribution is -2.39. The number of carbonyl (C=O) groups excluding carboxylic acids is 1. The van der Waals surface area contributed by atoms with Crippen LogP contribution in [0.15, 0.2) is 18.2 Å². The monoisotopic (exact) mass is 338 g/mol. The van der Waals surface area contributed by atoms with E-state index in [0.717, 1.165) is 16.8 Å². The summed E-state index contributed by atoms with van der Waals surface area (Å²) in [7, 11) is -3.00. The van der Waals surface area contributed by atoms with Gasteiger partial charge in [-0.2, -0.15) is 0 Å². The first-order chi connectivity index (χ1) is 10.7. The SMILES string of the molecule is CC(C)c1cccc(C(C)C)c1NC(=O)NC1CCS(=O)(=O)C1. The Morgan fingerprint density at radius 3 is 2.13 bits per heavy atom. The molecule has 1 heterocycles. The number of anilines is 1. The summed E-state index contributed by atoms with van der Waals surface area (Å²) < 4.78 is 23.0. The van der Waals surface area contributed by atoms with E-state index in [4.69, 9.17) is 0 Å². The fraction of sp³-hybridized carbons (Fsp3) is 0.588. The van der Waals surface area contributed by atoms with E-state index in [-0.39, 0.29) is 35.4 Å². The lowest BCUT2D eigenvalue weighted by Gasteiger charge is -2.21. The topological polar surface area (TPSA) is 75.3 Å². The third-order valence-electron chi connectivity index (χ3n) is 4.18. The zero-order valence-electron chi connectivity index (χ0n) is 14.2. The maximum atomic E-state index is 12.3. The fourth-order valence-electron chi connectivity index (χ4n) is 2.94. The zero-order chi connectivity index (χ0) is 17.2. The molecule has 1 aliphatic heterocycles. The summed E-state index contributed by atoms with van der Waals surface area (Å²) >= 11 is 0. The second-order valence-corrected chi connectivity index (χ2v) is 9.05. The number of rotatable bonds is 4. The average Bonchev–Trinajstić information content (AvgIpc) is 2.77. The predicted octanol–water partition coefficient (Wildman–Crippen LogP) is 3.24. The van der Waals surface area contributed by atoms with Crippen molar-refractivity contribution < 1.29 is 13.2 Å². The number of amides is 2. The molecule has 0 radical (unpaired) electrons. The number of para-hydroxylation sites is 1. The van der Waals surface area contributed by atoms with Crippen LogP contribution in [0.25, 0.3) is 0 Å². The number of nitrogens with one attached hydrogen (secondary N) is 2. The minimum Gasteiger partial charge on any atom is -0.334 e. The Morgan fingerprint density at radius 1 is 1.13 bits per heavy atom. The Balaban J connectivity index is 2.17. The van der Waals surface area contributed by atoms with E-state index >= 15 is 0 Å². The lowest BCUT2D eigenvalue weighted by atomic mass is 9.93. The number of hydrogen-bond acceptors (Lipinski definition) is 3. The van der Waals surface area contributed by atoms with Gasteiger partial charge in [-0.05, 0) is 29.4 Å². The molecule has 0 bridgehead atoms. The van der Waals surface area contributed by atoms with E-state index in [2.05, 4.69) is 38.3 Å². The molecule has 0 saturated carbocycles. The molecule has 1 aromatic rings. The molecule has 1 unspecified atom stereocenters. The molecule has 2 amide bonds. The van der Waals surface area contributed by atoms with E-state index < -0.39 is 9.84 Å². The van der Waals surface area contributed by atoms with Crippen LogP contribution in [0.1, 0.15) is 57.1 Å². The average molecular weight is 338 g/mol. The number of urea groups is 1. The van der Waals surface area contributed by atoms with Gasteiger partial charge in [0.2, 0.25) is 0 Å². The first-order valence-corrected chi connectivity index (χ1v) is 9.92. The third kappa shape index (κ3) is 4.47. The van der Waals surface area contributed by atoms with Gasteiger partial charge in [-0.1, -0.05) is 45.9 Å². The summed E-state index contributed by atoms with van der Waals surface area (Å²) in [5, 5.41) is 5.74. The molecule has 0 aliphatic carbocycles. The molecular formula is C17H26N2O3S. The molecule has 5 nitrogen and oxygen atoms in total. The minimum atomic E-state index is -3.00. The van der Waals surface area contributed by atoms with Crippen molar-refractivity contribution in [2.45, 2.75) is 52.0 Å². The molecule has 0 spiro atoms. The minimum absolute atomic E-state index is 0.0310. The number of benzene rings is 1. The molecule has 0 aromatic heterocycles. The largest absolute Gasteiger partial charge is 0.334 e. The summed E-state index contributed by atoms with van der Waals surface area (Å²) in [6.45, 7) is 8.36. The summed E-state index contributed by atoms with van der Waals surface area (Å²) in [6.07, 6.45) is 0.485. The van der Waals surface area contributed by atoms with Gasteiger partial charge in [-0.15, -0.1) is 0 Å². The van der Waals surface area contributed by atoms with Gasteiger partial charge in [-0.3, -0.25) is 0 Å². The first kappa shape index (κ1) is 17.8. The van der Waals surface area contributed by atoms with Crippen molar-refractivity contribution in [2.24, 2.45) is 0 Å². The Bertz CT molecular complexity index is 655. The predicted molar refractivity (Wildman–Crippen MR) is 93.8 cm³/mol. The van der Waals surface area contributed by atoms with Gasteiger partial charge in [0.25, 0.3) is 0 Å². The molecule has 1 fully saturated rings. The maximum absolute atomic E-state index is 12.3. The van der Waals surface area contributed by atoms with Crippen molar-refractivity contribution in [1.29, 1.82) is 0 Å². The highest BCUT2D eigenvalue weighted by molar-refractivity contribution is 7.91. The summed E-state index contributed by atoms with van der Waals surface area (Å²) in [5.41, 5.74) is 3.02. The van der Waals surface area contributed by atoms with Crippen LogP contribution in [0.4, 0.5) is 10.5 Å². The van der Waals surface area contributed by atoms with Crippen LogP contribution < -0.4 is 10.6 Å². The molecule has 23 heavy (non-hydrogen) atoms. The molecule has 1 aromatic carbocycles. The van der Waals surface area contributed by atoms with Crippen molar-refractivity contribution in [1.82, 2.24) is 5.32 Å². The number of hydrogen-bond donors (Lipinski definition) is 2. The third-order valence-corrected chi connectivity index (χ3v) is 5.95. The van der Waals surface area contributed by atoms with Crippen molar-refractivity contribution >= 4 is 21.6 Å². The van der Waals surface area contributed by atoms with Crippen LogP contribution in [-0.2, 0) is 9.84 Å². The van der Waals surface area contributed by atoms with Gasteiger partial charge in [0.15, 0.2) is 9.84 Å². The second kappa shape index (κ2) is 6.91. The summed E-state index contributed by atoms with van der Waals surface area (Å²) in [5.74, 6) is 0.757. The van der Waals surface area contributed by atoms with Gasteiger partial charge in [0.1, 0.15) is 0 Å². The van der Waals surface area contributed by atoms with Crippen molar-refractivity contribution in [3.8, 4) is 0 Å².